The third kappa shape index (κ3) is 8.58. The molecule has 0 aromatic heterocycles. The third-order valence-electron chi connectivity index (χ3n) is 3.42. The maximum atomic E-state index is 9.32. The number of aryl methyl sites for hydroxylation is 1. The number of rotatable bonds is 8. The number of aliphatic imine (C=N–C) groups is 1. The fraction of sp³-hybridized carbons (Fsp3) is 0.588. The molecule has 5 heteroatoms. The number of unbranched alkanes of at least 4 members (excludes halogenated alkanes) is 1. The number of benzene rings is 1. The molecule has 0 saturated carbocycles. The summed E-state index contributed by atoms with van der Waals surface area (Å²) in [6, 6.07) is 8.46. The molecule has 1 aromatic rings. The summed E-state index contributed by atoms with van der Waals surface area (Å²) in [5.74, 6) is 0.782. The van der Waals surface area contributed by atoms with Crippen LogP contribution in [0.2, 0.25) is 0 Å². The predicted octanol–water partition coefficient (Wildman–Crippen LogP) is 3.22. The van der Waals surface area contributed by atoms with Crippen molar-refractivity contribution >= 4 is 29.9 Å². The number of nitrogens with zero attached hydrogens (tertiary/aromatic N) is 1. The van der Waals surface area contributed by atoms with Crippen molar-refractivity contribution < 1.29 is 5.11 Å². The largest absolute Gasteiger partial charge is 0.394 e. The second-order valence-electron chi connectivity index (χ2n) is 5.36. The van der Waals surface area contributed by atoms with Crippen LogP contribution in [0.3, 0.4) is 0 Å². The highest BCUT2D eigenvalue weighted by molar-refractivity contribution is 14.0. The Balaban J connectivity index is 0.00000441. The molecular formula is C17H30IN3O. The van der Waals surface area contributed by atoms with E-state index in [1.807, 2.05) is 0 Å². The topological polar surface area (TPSA) is 56.7 Å². The van der Waals surface area contributed by atoms with Gasteiger partial charge in [-0.25, -0.2) is 4.99 Å². The van der Waals surface area contributed by atoms with Gasteiger partial charge in [-0.05, 0) is 25.3 Å². The zero-order valence-corrected chi connectivity index (χ0v) is 16.3. The third-order valence-corrected chi connectivity index (χ3v) is 3.42. The molecule has 0 aliphatic carbocycles. The van der Waals surface area contributed by atoms with Crippen LogP contribution in [0.5, 0.6) is 0 Å². The van der Waals surface area contributed by atoms with Gasteiger partial charge in [-0.3, -0.25) is 0 Å². The lowest BCUT2D eigenvalue weighted by atomic mass is 10.1. The van der Waals surface area contributed by atoms with Gasteiger partial charge in [0.05, 0.1) is 19.2 Å². The van der Waals surface area contributed by atoms with Crippen molar-refractivity contribution in [2.45, 2.75) is 52.6 Å². The van der Waals surface area contributed by atoms with E-state index in [4.69, 9.17) is 0 Å². The van der Waals surface area contributed by atoms with Gasteiger partial charge in [0.25, 0.3) is 0 Å². The number of hydrogen-bond acceptors (Lipinski definition) is 2. The molecule has 0 bridgehead atoms. The lowest BCUT2D eigenvalue weighted by Crippen LogP contribution is -2.45. The quantitative estimate of drug-likeness (QED) is 0.263. The van der Waals surface area contributed by atoms with E-state index < -0.39 is 0 Å². The highest BCUT2D eigenvalue weighted by atomic mass is 127. The first kappa shape index (κ1) is 21.2. The Morgan fingerprint density at radius 3 is 2.45 bits per heavy atom. The van der Waals surface area contributed by atoms with Gasteiger partial charge in [0.15, 0.2) is 5.96 Å². The predicted molar refractivity (Wildman–Crippen MR) is 105 cm³/mol. The van der Waals surface area contributed by atoms with Crippen LogP contribution < -0.4 is 10.6 Å². The fourth-order valence-electron chi connectivity index (χ4n) is 1.87. The summed E-state index contributed by atoms with van der Waals surface area (Å²) in [6.07, 6.45) is 3.13. The summed E-state index contributed by atoms with van der Waals surface area (Å²) < 4.78 is 0. The Morgan fingerprint density at radius 2 is 1.91 bits per heavy atom. The maximum absolute atomic E-state index is 9.32. The average molecular weight is 419 g/mol. The van der Waals surface area contributed by atoms with Crippen LogP contribution in [0.4, 0.5) is 0 Å². The van der Waals surface area contributed by atoms with Crippen LogP contribution >= 0.6 is 24.0 Å². The van der Waals surface area contributed by atoms with Crippen LogP contribution in [0.15, 0.2) is 29.3 Å². The van der Waals surface area contributed by atoms with E-state index in [9.17, 15) is 5.11 Å². The number of nitrogens with one attached hydrogen (secondary N) is 2. The Kier molecular flexibility index (Phi) is 12.2. The van der Waals surface area contributed by atoms with E-state index in [-0.39, 0.29) is 36.6 Å². The summed E-state index contributed by atoms with van der Waals surface area (Å²) in [4.78, 5) is 4.61. The molecule has 3 N–H and O–H groups in total. The van der Waals surface area contributed by atoms with Gasteiger partial charge < -0.3 is 15.7 Å². The first-order chi connectivity index (χ1) is 10.2. The van der Waals surface area contributed by atoms with Crippen molar-refractivity contribution in [2.75, 3.05) is 13.2 Å². The molecule has 0 saturated heterocycles. The molecule has 4 nitrogen and oxygen atoms in total. The maximum Gasteiger partial charge on any atom is 0.191 e. The summed E-state index contributed by atoms with van der Waals surface area (Å²) in [6.45, 7) is 7.97. The molecular weight excluding hydrogens is 389 g/mol. The van der Waals surface area contributed by atoms with Gasteiger partial charge in [0.2, 0.25) is 0 Å². The standard InChI is InChI=1S/C17H29N3O.HI/c1-4-6-11-18-17(20-16(5-2)13-21)19-12-15-9-7-14(3)8-10-15;/h7-10,16,21H,4-6,11-13H2,1-3H3,(H2,18,19,20);1H/t16-;/m1./s1. The van der Waals surface area contributed by atoms with Crippen molar-refractivity contribution in [3.8, 4) is 0 Å². The Bertz CT molecular complexity index is 416. The number of halogens is 1. The number of aliphatic hydroxyl groups is 1. The molecule has 22 heavy (non-hydrogen) atoms. The second-order valence-corrected chi connectivity index (χ2v) is 5.36. The van der Waals surface area contributed by atoms with E-state index in [1.165, 1.54) is 11.1 Å². The van der Waals surface area contributed by atoms with E-state index in [2.05, 4.69) is 60.7 Å². The first-order valence-electron chi connectivity index (χ1n) is 7.90. The summed E-state index contributed by atoms with van der Waals surface area (Å²) in [7, 11) is 0. The van der Waals surface area contributed by atoms with Gasteiger partial charge in [-0.2, -0.15) is 0 Å². The second kappa shape index (κ2) is 12.7. The molecule has 0 unspecified atom stereocenters. The number of aliphatic hydroxyl groups excluding tert-OH is 1. The molecule has 0 aliphatic heterocycles. The van der Waals surface area contributed by atoms with Crippen LogP contribution in [0, 0.1) is 6.92 Å². The van der Waals surface area contributed by atoms with Gasteiger partial charge in [0, 0.05) is 6.54 Å². The van der Waals surface area contributed by atoms with Crippen LogP contribution in [-0.2, 0) is 6.54 Å². The highest BCUT2D eigenvalue weighted by Crippen LogP contribution is 2.04. The normalized spacial score (nSPS) is 12.5. The molecule has 126 valence electrons. The molecule has 0 aliphatic rings. The van der Waals surface area contributed by atoms with Crippen LogP contribution in [0.25, 0.3) is 0 Å². The smallest absolute Gasteiger partial charge is 0.191 e. The minimum absolute atomic E-state index is 0. The minimum atomic E-state index is 0. The minimum Gasteiger partial charge on any atom is -0.394 e. The van der Waals surface area contributed by atoms with E-state index in [1.54, 1.807) is 0 Å². The summed E-state index contributed by atoms with van der Waals surface area (Å²) in [5.41, 5.74) is 2.45. The highest BCUT2D eigenvalue weighted by Gasteiger charge is 2.07. The van der Waals surface area contributed by atoms with Crippen molar-refractivity contribution in [3.05, 3.63) is 35.4 Å². The number of guanidine groups is 1. The zero-order valence-electron chi connectivity index (χ0n) is 13.9. The Hall–Kier alpha value is -0.820. The first-order valence-corrected chi connectivity index (χ1v) is 7.90. The zero-order chi connectivity index (χ0) is 15.5. The van der Waals surface area contributed by atoms with Crippen LogP contribution in [-0.4, -0.2) is 30.3 Å². The van der Waals surface area contributed by atoms with Crippen molar-refractivity contribution in [1.82, 2.24) is 10.6 Å². The Labute approximate surface area is 151 Å². The molecule has 0 radical (unpaired) electrons. The molecule has 0 spiro atoms. The van der Waals surface area contributed by atoms with Gasteiger partial charge in [-0.1, -0.05) is 50.1 Å². The van der Waals surface area contributed by atoms with Crippen molar-refractivity contribution in [1.29, 1.82) is 0 Å². The van der Waals surface area contributed by atoms with Gasteiger partial charge in [0.1, 0.15) is 0 Å². The van der Waals surface area contributed by atoms with E-state index >= 15 is 0 Å². The molecule has 0 fully saturated rings. The van der Waals surface area contributed by atoms with E-state index in [0.717, 1.165) is 31.8 Å². The molecule has 1 atom stereocenters. The van der Waals surface area contributed by atoms with Crippen LogP contribution in [0.1, 0.15) is 44.2 Å². The average Bonchev–Trinajstić information content (AvgIpc) is 2.51. The molecule has 1 aromatic carbocycles. The van der Waals surface area contributed by atoms with Crippen molar-refractivity contribution in [2.24, 2.45) is 4.99 Å². The molecule has 0 heterocycles. The van der Waals surface area contributed by atoms with E-state index in [0.29, 0.717) is 6.54 Å². The SMILES string of the molecule is CCCCNC(=NCc1ccc(C)cc1)N[C@H](CC)CO.I. The monoisotopic (exact) mass is 419 g/mol. The fourth-order valence-corrected chi connectivity index (χ4v) is 1.87. The molecule has 0 amide bonds. The molecule has 1 rings (SSSR count). The van der Waals surface area contributed by atoms with Crippen molar-refractivity contribution in [3.63, 3.8) is 0 Å². The lowest BCUT2D eigenvalue weighted by molar-refractivity contribution is 0.251. The Morgan fingerprint density at radius 1 is 1.23 bits per heavy atom. The lowest BCUT2D eigenvalue weighted by Gasteiger charge is -2.18. The number of hydrogen-bond donors (Lipinski definition) is 3. The van der Waals surface area contributed by atoms with Gasteiger partial charge in [-0.15, -0.1) is 24.0 Å². The summed E-state index contributed by atoms with van der Waals surface area (Å²) >= 11 is 0. The summed E-state index contributed by atoms with van der Waals surface area (Å²) in [5, 5.41) is 15.9. The van der Waals surface area contributed by atoms with Gasteiger partial charge >= 0.3 is 0 Å².